The molecule has 0 aliphatic heterocycles. The molecule has 1 aromatic rings. The van der Waals surface area contributed by atoms with Crippen LogP contribution in [0.3, 0.4) is 0 Å². The van der Waals surface area contributed by atoms with Crippen molar-refractivity contribution in [1.29, 1.82) is 0 Å². The van der Waals surface area contributed by atoms with Gasteiger partial charge in [-0.05, 0) is 36.3 Å². The van der Waals surface area contributed by atoms with Crippen LogP contribution in [-0.4, -0.2) is 11.6 Å². The number of carbonyl (C=O) groups is 2. The van der Waals surface area contributed by atoms with Gasteiger partial charge in [0.2, 0.25) is 11.6 Å². The second-order valence-electron chi connectivity index (χ2n) is 6.37. The average Bonchev–Trinajstić information content (AvgIpc) is 2.35. The van der Waals surface area contributed by atoms with Crippen molar-refractivity contribution >= 4 is 17.1 Å². The van der Waals surface area contributed by atoms with Gasteiger partial charge in [0.15, 0.2) is 0 Å². The molecule has 1 aliphatic rings. The Bertz CT molecular complexity index is 571. The summed E-state index contributed by atoms with van der Waals surface area (Å²) in [5.74, 6) is -0.675. The fraction of sp³-hybridized carbons (Fsp3) is 0.412. The fourth-order valence-corrected chi connectivity index (χ4v) is 2.40. The zero-order valence-electron chi connectivity index (χ0n) is 12.0. The quantitative estimate of drug-likeness (QED) is 0.748. The zero-order valence-corrected chi connectivity index (χ0v) is 12.0. The summed E-state index contributed by atoms with van der Waals surface area (Å²) in [5.41, 5.74) is 3.27. The molecule has 1 aliphatic carbocycles. The topological polar surface area (TPSA) is 34.1 Å². The van der Waals surface area contributed by atoms with Crippen LogP contribution in [0.2, 0.25) is 0 Å². The molecule has 0 saturated heterocycles. The molecule has 0 heterocycles. The van der Waals surface area contributed by atoms with Crippen LogP contribution in [-0.2, 0) is 4.79 Å². The van der Waals surface area contributed by atoms with Crippen LogP contribution >= 0.6 is 0 Å². The molecule has 0 aromatic heterocycles. The summed E-state index contributed by atoms with van der Waals surface area (Å²) >= 11 is 0. The van der Waals surface area contributed by atoms with Gasteiger partial charge in [-0.3, -0.25) is 9.59 Å². The first kappa shape index (κ1) is 13.7. The van der Waals surface area contributed by atoms with Crippen molar-refractivity contribution in [3.63, 3.8) is 0 Å². The average molecular weight is 256 g/mol. The SMILES string of the molecule is CC1=C(CCC(C)(C)C)C(=O)C(=O)c2ccccc21. The van der Waals surface area contributed by atoms with E-state index >= 15 is 0 Å². The third-order valence-corrected chi connectivity index (χ3v) is 3.63. The van der Waals surface area contributed by atoms with Crippen molar-refractivity contribution in [3.05, 3.63) is 41.0 Å². The van der Waals surface area contributed by atoms with Gasteiger partial charge in [-0.2, -0.15) is 0 Å². The molecule has 2 nitrogen and oxygen atoms in total. The Hall–Kier alpha value is -1.70. The van der Waals surface area contributed by atoms with E-state index in [1.807, 2.05) is 19.1 Å². The standard InChI is InChI=1S/C17H20O2/c1-11-12-7-5-6-8-14(12)16(19)15(18)13(11)9-10-17(2,3)4/h5-8H,9-10H2,1-4H3. The van der Waals surface area contributed by atoms with Gasteiger partial charge in [-0.1, -0.05) is 45.0 Å². The lowest BCUT2D eigenvalue weighted by Crippen LogP contribution is -2.24. The number of ketones is 2. The number of allylic oxidation sites excluding steroid dienone is 2. The fourth-order valence-electron chi connectivity index (χ4n) is 2.40. The summed E-state index contributed by atoms with van der Waals surface area (Å²) in [7, 11) is 0. The number of Topliss-reactive ketones (excluding diaryl/α,β-unsaturated/α-hetero) is 2. The van der Waals surface area contributed by atoms with E-state index in [1.165, 1.54) is 0 Å². The molecule has 0 saturated carbocycles. The van der Waals surface area contributed by atoms with Crippen LogP contribution < -0.4 is 0 Å². The lowest BCUT2D eigenvalue weighted by Gasteiger charge is -2.23. The second-order valence-corrected chi connectivity index (χ2v) is 6.37. The minimum Gasteiger partial charge on any atom is -0.285 e. The van der Waals surface area contributed by atoms with Gasteiger partial charge in [0, 0.05) is 11.1 Å². The summed E-state index contributed by atoms with van der Waals surface area (Å²) in [4.78, 5) is 24.3. The van der Waals surface area contributed by atoms with E-state index in [0.29, 0.717) is 17.6 Å². The Labute approximate surface area is 114 Å². The van der Waals surface area contributed by atoms with Crippen molar-refractivity contribution in [2.45, 2.75) is 40.5 Å². The zero-order chi connectivity index (χ0) is 14.2. The Balaban J connectivity index is 2.42. The number of hydrogen-bond acceptors (Lipinski definition) is 2. The molecular weight excluding hydrogens is 236 g/mol. The highest BCUT2D eigenvalue weighted by Crippen LogP contribution is 2.33. The molecule has 0 radical (unpaired) electrons. The molecule has 2 heteroatoms. The number of hydrogen-bond donors (Lipinski definition) is 0. The summed E-state index contributed by atoms with van der Waals surface area (Å²) in [5, 5.41) is 0. The number of rotatable bonds is 2. The molecule has 0 unspecified atom stereocenters. The van der Waals surface area contributed by atoms with Gasteiger partial charge >= 0.3 is 0 Å². The van der Waals surface area contributed by atoms with E-state index < -0.39 is 0 Å². The van der Waals surface area contributed by atoms with Gasteiger partial charge in [-0.25, -0.2) is 0 Å². The van der Waals surface area contributed by atoms with E-state index in [-0.39, 0.29) is 17.0 Å². The highest BCUT2D eigenvalue weighted by atomic mass is 16.2. The van der Waals surface area contributed by atoms with Gasteiger partial charge in [0.1, 0.15) is 0 Å². The first-order valence-corrected chi connectivity index (χ1v) is 6.69. The van der Waals surface area contributed by atoms with Crippen LogP contribution in [0.25, 0.3) is 5.57 Å². The summed E-state index contributed by atoms with van der Waals surface area (Å²) in [6, 6.07) is 7.37. The van der Waals surface area contributed by atoms with Crippen LogP contribution in [0.15, 0.2) is 29.8 Å². The largest absolute Gasteiger partial charge is 0.285 e. The number of fused-ring (bicyclic) bond motifs is 1. The minimum absolute atomic E-state index is 0.160. The molecule has 2 rings (SSSR count). The van der Waals surface area contributed by atoms with E-state index in [0.717, 1.165) is 17.6 Å². The monoisotopic (exact) mass is 256 g/mol. The molecule has 0 N–H and O–H groups in total. The van der Waals surface area contributed by atoms with Crippen molar-refractivity contribution in [3.8, 4) is 0 Å². The molecule has 0 atom stereocenters. The Morgan fingerprint density at radius 3 is 2.11 bits per heavy atom. The normalized spacial score (nSPS) is 15.8. The third-order valence-electron chi connectivity index (χ3n) is 3.63. The Kier molecular flexibility index (Phi) is 3.44. The smallest absolute Gasteiger partial charge is 0.233 e. The molecule has 0 bridgehead atoms. The molecule has 0 fully saturated rings. The van der Waals surface area contributed by atoms with E-state index in [4.69, 9.17) is 0 Å². The summed E-state index contributed by atoms with van der Waals surface area (Å²) in [6.07, 6.45) is 1.58. The number of carbonyl (C=O) groups excluding carboxylic acids is 2. The van der Waals surface area contributed by atoms with Crippen LogP contribution in [0.5, 0.6) is 0 Å². The lowest BCUT2D eigenvalue weighted by molar-refractivity contribution is -0.112. The highest BCUT2D eigenvalue weighted by Gasteiger charge is 2.30. The van der Waals surface area contributed by atoms with Crippen molar-refractivity contribution in [1.82, 2.24) is 0 Å². The van der Waals surface area contributed by atoms with Crippen LogP contribution in [0.1, 0.15) is 56.5 Å². The minimum atomic E-state index is -0.356. The van der Waals surface area contributed by atoms with Gasteiger partial charge in [0.25, 0.3) is 0 Å². The molecule has 0 amide bonds. The van der Waals surface area contributed by atoms with Gasteiger partial charge in [-0.15, -0.1) is 0 Å². The van der Waals surface area contributed by atoms with Crippen molar-refractivity contribution in [2.75, 3.05) is 0 Å². The molecule has 0 spiro atoms. The molecular formula is C17H20O2. The third kappa shape index (κ3) is 2.67. The first-order chi connectivity index (χ1) is 8.81. The maximum atomic E-state index is 12.2. The predicted molar refractivity (Wildman–Crippen MR) is 77.1 cm³/mol. The van der Waals surface area contributed by atoms with E-state index in [9.17, 15) is 9.59 Å². The molecule has 1 aromatic carbocycles. The van der Waals surface area contributed by atoms with Crippen LogP contribution in [0, 0.1) is 5.41 Å². The first-order valence-electron chi connectivity index (χ1n) is 6.69. The van der Waals surface area contributed by atoms with Gasteiger partial charge < -0.3 is 0 Å². The maximum Gasteiger partial charge on any atom is 0.233 e. The van der Waals surface area contributed by atoms with E-state index in [2.05, 4.69) is 20.8 Å². The summed E-state index contributed by atoms with van der Waals surface area (Å²) in [6.45, 7) is 8.38. The maximum absolute atomic E-state index is 12.2. The molecule has 100 valence electrons. The Morgan fingerprint density at radius 2 is 1.53 bits per heavy atom. The van der Waals surface area contributed by atoms with Crippen molar-refractivity contribution < 1.29 is 9.59 Å². The second kappa shape index (κ2) is 4.76. The van der Waals surface area contributed by atoms with Crippen molar-refractivity contribution in [2.24, 2.45) is 5.41 Å². The summed E-state index contributed by atoms with van der Waals surface area (Å²) < 4.78 is 0. The number of benzene rings is 1. The predicted octanol–water partition coefficient (Wildman–Crippen LogP) is 4.05. The highest BCUT2D eigenvalue weighted by molar-refractivity contribution is 6.52. The van der Waals surface area contributed by atoms with Crippen LogP contribution in [0.4, 0.5) is 0 Å². The van der Waals surface area contributed by atoms with E-state index in [1.54, 1.807) is 12.1 Å². The Morgan fingerprint density at radius 1 is 0.947 bits per heavy atom. The lowest BCUT2D eigenvalue weighted by atomic mass is 9.80. The van der Waals surface area contributed by atoms with Gasteiger partial charge in [0.05, 0.1) is 0 Å². The molecule has 19 heavy (non-hydrogen) atoms.